The molecule has 0 atom stereocenters. The van der Waals surface area contributed by atoms with Crippen molar-refractivity contribution in [1.29, 1.82) is 0 Å². The zero-order valence-corrected chi connectivity index (χ0v) is 6.05. The number of aryl methyl sites for hydroxylation is 1. The largest absolute Gasteiger partial charge is 0.326 e. The normalized spacial score (nSPS) is 15.5. The van der Waals surface area contributed by atoms with E-state index in [1.807, 2.05) is 18.2 Å². The fourth-order valence-electron chi connectivity index (χ4n) is 1.25. The summed E-state index contributed by atoms with van der Waals surface area (Å²) in [6.45, 7) is 0. The summed E-state index contributed by atoms with van der Waals surface area (Å²) in [5.41, 5.74) is 2.13. The van der Waals surface area contributed by atoms with Crippen LogP contribution in [0.15, 0.2) is 18.2 Å². The Morgan fingerprint density at radius 1 is 1.45 bits per heavy atom. The molecule has 0 saturated carbocycles. The smallest absolute Gasteiger partial charge is 0.224 e. The minimum absolute atomic E-state index is 0.115. The molecule has 2 rings (SSSR count). The van der Waals surface area contributed by atoms with Crippen LogP contribution >= 0.6 is 0 Å². The number of rotatable bonds is 0. The molecule has 0 saturated heterocycles. The van der Waals surface area contributed by atoms with E-state index >= 15 is 0 Å². The summed E-state index contributed by atoms with van der Waals surface area (Å²) in [5.74, 6) is 0.115. The molecular formula is C9H8NO. The first kappa shape index (κ1) is 6.40. The van der Waals surface area contributed by atoms with Crippen LogP contribution in [-0.4, -0.2) is 5.91 Å². The van der Waals surface area contributed by atoms with Crippen molar-refractivity contribution in [3.8, 4) is 0 Å². The Labute approximate surface area is 65.2 Å². The Hall–Kier alpha value is -1.31. The lowest BCUT2D eigenvalue weighted by molar-refractivity contribution is -0.116. The molecule has 1 aliphatic rings. The van der Waals surface area contributed by atoms with E-state index in [4.69, 9.17) is 0 Å². The Bertz CT molecular complexity index is 293. The molecule has 1 aliphatic heterocycles. The molecule has 0 aliphatic carbocycles. The van der Waals surface area contributed by atoms with Gasteiger partial charge >= 0.3 is 0 Å². The highest BCUT2D eigenvalue weighted by Gasteiger charge is 2.12. The SMILES string of the molecule is O=C1CCc2c[c]ccc2N1. The summed E-state index contributed by atoms with van der Waals surface area (Å²) in [5, 5.41) is 2.80. The van der Waals surface area contributed by atoms with Gasteiger partial charge in [0.15, 0.2) is 0 Å². The number of hydrogen-bond donors (Lipinski definition) is 1. The molecule has 1 amide bonds. The van der Waals surface area contributed by atoms with Gasteiger partial charge in [0, 0.05) is 12.1 Å². The van der Waals surface area contributed by atoms with E-state index in [1.54, 1.807) is 0 Å². The molecule has 1 aromatic rings. The molecule has 0 bridgehead atoms. The summed E-state index contributed by atoms with van der Waals surface area (Å²) in [7, 11) is 0. The Kier molecular flexibility index (Phi) is 1.39. The van der Waals surface area contributed by atoms with E-state index < -0.39 is 0 Å². The Balaban J connectivity index is 2.41. The molecule has 1 radical (unpaired) electrons. The van der Waals surface area contributed by atoms with E-state index in [1.165, 1.54) is 5.56 Å². The van der Waals surface area contributed by atoms with Gasteiger partial charge in [0.1, 0.15) is 0 Å². The quantitative estimate of drug-likeness (QED) is 0.588. The van der Waals surface area contributed by atoms with Gasteiger partial charge in [-0.2, -0.15) is 0 Å². The second kappa shape index (κ2) is 2.38. The number of fused-ring (bicyclic) bond motifs is 1. The number of benzene rings is 1. The molecule has 11 heavy (non-hydrogen) atoms. The molecular weight excluding hydrogens is 138 g/mol. The second-order valence-corrected chi connectivity index (χ2v) is 2.63. The highest BCUT2D eigenvalue weighted by atomic mass is 16.1. The third-order valence-electron chi connectivity index (χ3n) is 1.85. The van der Waals surface area contributed by atoms with Gasteiger partial charge < -0.3 is 5.32 Å². The average Bonchev–Trinajstić information content (AvgIpc) is 2.04. The molecule has 1 heterocycles. The van der Waals surface area contributed by atoms with Crippen LogP contribution in [0.3, 0.4) is 0 Å². The van der Waals surface area contributed by atoms with E-state index in [0.29, 0.717) is 6.42 Å². The number of anilines is 1. The first-order chi connectivity index (χ1) is 5.36. The third-order valence-corrected chi connectivity index (χ3v) is 1.85. The van der Waals surface area contributed by atoms with E-state index in [2.05, 4.69) is 11.4 Å². The lowest BCUT2D eigenvalue weighted by Gasteiger charge is -2.15. The van der Waals surface area contributed by atoms with Crippen LogP contribution < -0.4 is 5.32 Å². The number of amides is 1. The van der Waals surface area contributed by atoms with Gasteiger partial charge in [0.25, 0.3) is 0 Å². The highest BCUT2D eigenvalue weighted by Crippen LogP contribution is 2.20. The number of nitrogens with one attached hydrogen (secondary N) is 1. The summed E-state index contributed by atoms with van der Waals surface area (Å²) >= 11 is 0. The first-order valence-corrected chi connectivity index (χ1v) is 3.65. The van der Waals surface area contributed by atoms with Crippen LogP contribution in [0.25, 0.3) is 0 Å². The minimum atomic E-state index is 0.115. The van der Waals surface area contributed by atoms with Crippen molar-refractivity contribution >= 4 is 11.6 Å². The standard InChI is InChI=1S/C9H8NO/c11-9-6-5-7-3-1-2-4-8(7)10-9/h2-4H,5-6H2,(H,10,11). The van der Waals surface area contributed by atoms with Crippen LogP contribution in [0.4, 0.5) is 5.69 Å². The van der Waals surface area contributed by atoms with Crippen molar-refractivity contribution in [2.24, 2.45) is 0 Å². The molecule has 1 aromatic carbocycles. The molecule has 0 fully saturated rings. The number of carbonyl (C=O) groups is 1. The van der Waals surface area contributed by atoms with Crippen LogP contribution in [0.2, 0.25) is 0 Å². The first-order valence-electron chi connectivity index (χ1n) is 3.65. The van der Waals surface area contributed by atoms with Crippen LogP contribution in [0.1, 0.15) is 12.0 Å². The van der Waals surface area contributed by atoms with Crippen LogP contribution in [0, 0.1) is 6.07 Å². The number of carbonyl (C=O) groups excluding carboxylic acids is 1. The van der Waals surface area contributed by atoms with E-state index in [9.17, 15) is 4.79 Å². The number of hydrogen-bond acceptors (Lipinski definition) is 1. The zero-order chi connectivity index (χ0) is 7.68. The molecule has 0 spiro atoms. The summed E-state index contributed by atoms with van der Waals surface area (Å²) < 4.78 is 0. The Morgan fingerprint density at radius 3 is 3.27 bits per heavy atom. The van der Waals surface area contributed by atoms with Crippen LogP contribution in [0.5, 0.6) is 0 Å². The van der Waals surface area contributed by atoms with Gasteiger partial charge in [-0.3, -0.25) is 4.79 Å². The van der Waals surface area contributed by atoms with E-state index in [-0.39, 0.29) is 5.91 Å². The second-order valence-electron chi connectivity index (χ2n) is 2.63. The van der Waals surface area contributed by atoms with E-state index in [0.717, 1.165) is 12.1 Å². The van der Waals surface area contributed by atoms with Crippen molar-refractivity contribution < 1.29 is 4.79 Å². The van der Waals surface area contributed by atoms with Crippen molar-refractivity contribution in [2.75, 3.05) is 5.32 Å². The zero-order valence-electron chi connectivity index (χ0n) is 6.05. The maximum atomic E-state index is 10.9. The average molecular weight is 146 g/mol. The van der Waals surface area contributed by atoms with Crippen molar-refractivity contribution in [2.45, 2.75) is 12.8 Å². The van der Waals surface area contributed by atoms with Crippen molar-refractivity contribution in [1.82, 2.24) is 0 Å². The van der Waals surface area contributed by atoms with Crippen LogP contribution in [-0.2, 0) is 11.2 Å². The molecule has 0 aromatic heterocycles. The summed E-state index contributed by atoms with van der Waals surface area (Å²) in [6, 6.07) is 8.60. The van der Waals surface area contributed by atoms with Gasteiger partial charge in [-0.05, 0) is 30.2 Å². The van der Waals surface area contributed by atoms with Crippen molar-refractivity contribution in [3.05, 3.63) is 29.8 Å². The van der Waals surface area contributed by atoms with Gasteiger partial charge in [0.05, 0.1) is 0 Å². The van der Waals surface area contributed by atoms with Gasteiger partial charge in [-0.1, -0.05) is 6.07 Å². The monoisotopic (exact) mass is 146 g/mol. The molecule has 2 nitrogen and oxygen atoms in total. The highest BCUT2D eigenvalue weighted by molar-refractivity contribution is 5.93. The molecule has 1 N–H and O–H groups in total. The fourth-order valence-corrected chi connectivity index (χ4v) is 1.25. The predicted octanol–water partition coefficient (Wildman–Crippen LogP) is 1.37. The van der Waals surface area contributed by atoms with Gasteiger partial charge in [-0.25, -0.2) is 0 Å². The third kappa shape index (κ3) is 1.11. The van der Waals surface area contributed by atoms with Gasteiger partial charge in [0.2, 0.25) is 5.91 Å². The lowest BCUT2D eigenvalue weighted by Crippen LogP contribution is -2.18. The topological polar surface area (TPSA) is 29.1 Å². The predicted molar refractivity (Wildman–Crippen MR) is 42.2 cm³/mol. The summed E-state index contributed by atoms with van der Waals surface area (Å²) in [6.07, 6.45) is 1.45. The summed E-state index contributed by atoms with van der Waals surface area (Å²) in [4.78, 5) is 10.9. The maximum Gasteiger partial charge on any atom is 0.224 e. The maximum absolute atomic E-state index is 10.9. The minimum Gasteiger partial charge on any atom is -0.326 e. The fraction of sp³-hybridized carbons (Fsp3) is 0.222. The lowest BCUT2D eigenvalue weighted by atomic mass is 10.0. The molecule has 55 valence electrons. The van der Waals surface area contributed by atoms with Gasteiger partial charge in [-0.15, -0.1) is 0 Å². The van der Waals surface area contributed by atoms with Crippen molar-refractivity contribution in [3.63, 3.8) is 0 Å². The molecule has 2 heteroatoms. The Morgan fingerprint density at radius 2 is 2.36 bits per heavy atom. The molecule has 0 unspecified atom stereocenters.